The molecule has 2 heterocycles. The molecule has 0 bridgehead atoms. The second kappa shape index (κ2) is 10.1. The summed E-state index contributed by atoms with van der Waals surface area (Å²) in [4.78, 5) is 26.4. The molecule has 0 spiro atoms. The van der Waals surface area contributed by atoms with Crippen LogP contribution in [0.15, 0.2) is 18.3 Å². The third-order valence-electron chi connectivity index (χ3n) is 4.62. The largest absolute Gasteiger partial charge is 0.483 e. The van der Waals surface area contributed by atoms with Gasteiger partial charge >= 0.3 is 5.97 Å². The number of rotatable bonds is 4. The normalized spacial score (nSPS) is 19.0. The van der Waals surface area contributed by atoms with Gasteiger partial charge in [-0.2, -0.15) is 4.80 Å². The van der Waals surface area contributed by atoms with Crippen LogP contribution in [0.1, 0.15) is 52.1 Å². The number of tetrazole rings is 1. The average Bonchev–Trinajstić information content (AvgIpc) is 3.10. The van der Waals surface area contributed by atoms with Crippen molar-refractivity contribution in [3.63, 3.8) is 0 Å². The molecule has 9 nitrogen and oxygen atoms in total. The van der Waals surface area contributed by atoms with Gasteiger partial charge in [0.1, 0.15) is 5.60 Å². The summed E-state index contributed by atoms with van der Waals surface area (Å²) in [5, 5.41) is 19.7. The summed E-state index contributed by atoms with van der Waals surface area (Å²) >= 11 is 0. The third-order valence-corrected chi connectivity index (χ3v) is 4.62. The van der Waals surface area contributed by atoms with Gasteiger partial charge in [0.2, 0.25) is 5.82 Å². The van der Waals surface area contributed by atoms with Crippen molar-refractivity contribution in [1.29, 1.82) is 0 Å². The number of esters is 1. The minimum Gasteiger partial charge on any atom is -0.483 e. The van der Waals surface area contributed by atoms with E-state index >= 15 is 0 Å². The van der Waals surface area contributed by atoms with E-state index in [1.807, 2.05) is 39.8 Å². The van der Waals surface area contributed by atoms with Crippen LogP contribution in [0, 0.1) is 18.8 Å². The number of carbonyl (C=O) groups excluding carboxylic acids is 1. The predicted molar refractivity (Wildman–Crippen MR) is 106 cm³/mol. The van der Waals surface area contributed by atoms with Gasteiger partial charge in [-0.05, 0) is 76.6 Å². The van der Waals surface area contributed by atoms with Crippen molar-refractivity contribution >= 4 is 12.4 Å². The monoisotopic (exact) mass is 403 g/mol. The highest BCUT2D eigenvalue weighted by Crippen LogP contribution is 2.31. The maximum Gasteiger partial charge on any atom is 0.309 e. The summed E-state index contributed by atoms with van der Waals surface area (Å²) in [5.41, 5.74) is 1.44. The van der Waals surface area contributed by atoms with Gasteiger partial charge in [0.15, 0.2) is 0 Å². The lowest BCUT2D eigenvalue weighted by Gasteiger charge is -2.29. The average molecular weight is 403 g/mol. The number of carbonyl (C=O) groups is 2. The zero-order chi connectivity index (χ0) is 21.4. The summed E-state index contributed by atoms with van der Waals surface area (Å²) in [6.07, 6.45) is 5.45. The molecule has 0 amide bonds. The second-order valence-corrected chi connectivity index (χ2v) is 8.21. The molecule has 1 saturated carbocycles. The Balaban J connectivity index is 0.000000941. The topological polar surface area (TPSA) is 120 Å². The molecule has 0 saturated heterocycles. The van der Waals surface area contributed by atoms with Gasteiger partial charge < -0.3 is 9.84 Å². The molecule has 3 rings (SSSR count). The molecule has 1 N–H and O–H groups in total. The lowest BCUT2D eigenvalue weighted by atomic mass is 9.82. The van der Waals surface area contributed by atoms with Gasteiger partial charge in [-0.3, -0.25) is 14.6 Å². The Labute approximate surface area is 170 Å². The van der Waals surface area contributed by atoms with E-state index in [2.05, 4.69) is 20.4 Å². The molecule has 2 aromatic rings. The van der Waals surface area contributed by atoms with E-state index in [1.165, 1.54) is 0 Å². The van der Waals surface area contributed by atoms with Crippen molar-refractivity contribution in [2.45, 2.75) is 65.5 Å². The lowest BCUT2D eigenvalue weighted by molar-refractivity contribution is -0.161. The molecular formula is C20H29N5O4. The van der Waals surface area contributed by atoms with Crippen LogP contribution < -0.4 is 0 Å². The van der Waals surface area contributed by atoms with E-state index in [0.29, 0.717) is 11.7 Å². The van der Waals surface area contributed by atoms with Crippen molar-refractivity contribution in [3.05, 3.63) is 24.0 Å². The summed E-state index contributed by atoms with van der Waals surface area (Å²) in [7, 11) is 0. The molecule has 0 aromatic carbocycles. The van der Waals surface area contributed by atoms with E-state index < -0.39 is 5.60 Å². The molecular weight excluding hydrogens is 374 g/mol. The zero-order valence-corrected chi connectivity index (χ0v) is 17.4. The van der Waals surface area contributed by atoms with Crippen LogP contribution in [0.25, 0.3) is 11.4 Å². The molecule has 1 aliphatic rings. The molecule has 9 heteroatoms. The first kappa shape index (κ1) is 22.4. The van der Waals surface area contributed by atoms with Crippen LogP contribution in [-0.4, -0.2) is 48.3 Å². The predicted octanol–water partition coefficient (Wildman–Crippen LogP) is 2.89. The van der Waals surface area contributed by atoms with Gasteiger partial charge in [0.25, 0.3) is 6.47 Å². The molecule has 1 aliphatic carbocycles. The first-order chi connectivity index (χ1) is 13.7. The third kappa shape index (κ3) is 7.24. The van der Waals surface area contributed by atoms with Crippen molar-refractivity contribution in [2.75, 3.05) is 0 Å². The standard InChI is InChI=1S/C19H27N5O2.CH2O2/c1-13-11-16(9-10-20-13)17-21-23-24(22-17)12-14-5-7-15(8-6-14)18(25)26-19(2,3)4;2-1-3/h9-11,14-15H,5-8,12H2,1-4H3;1H,(H,2,3). The molecule has 158 valence electrons. The highest BCUT2D eigenvalue weighted by molar-refractivity contribution is 5.72. The van der Waals surface area contributed by atoms with Crippen LogP contribution in [0.5, 0.6) is 0 Å². The van der Waals surface area contributed by atoms with Crippen LogP contribution in [0.4, 0.5) is 0 Å². The maximum absolute atomic E-state index is 12.2. The molecule has 2 aromatic heterocycles. The Kier molecular flexibility index (Phi) is 7.81. The Bertz CT molecular complexity index is 807. The Morgan fingerprint density at radius 1 is 1.31 bits per heavy atom. The molecule has 0 atom stereocenters. The van der Waals surface area contributed by atoms with Crippen molar-refractivity contribution in [3.8, 4) is 11.4 Å². The van der Waals surface area contributed by atoms with Gasteiger partial charge in [0, 0.05) is 17.5 Å². The van der Waals surface area contributed by atoms with Gasteiger partial charge in [0.05, 0.1) is 12.5 Å². The minimum atomic E-state index is -0.416. The lowest BCUT2D eigenvalue weighted by Crippen LogP contribution is -2.31. The summed E-state index contributed by atoms with van der Waals surface area (Å²) in [5.74, 6) is 1.04. The number of nitrogens with zero attached hydrogens (tertiary/aromatic N) is 5. The Morgan fingerprint density at radius 2 is 1.97 bits per heavy atom. The first-order valence-electron chi connectivity index (χ1n) is 9.73. The number of aromatic nitrogens is 5. The molecule has 0 aliphatic heterocycles. The highest BCUT2D eigenvalue weighted by atomic mass is 16.6. The summed E-state index contributed by atoms with van der Waals surface area (Å²) in [6.45, 7) is 8.16. The van der Waals surface area contributed by atoms with Crippen LogP contribution in [0.2, 0.25) is 0 Å². The summed E-state index contributed by atoms with van der Waals surface area (Å²) in [6, 6.07) is 3.84. The zero-order valence-electron chi connectivity index (χ0n) is 17.4. The van der Waals surface area contributed by atoms with E-state index in [-0.39, 0.29) is 18.4 Å². The van der Waals surface area contributed by atoms with Crippen molar-refractivity contribution in [1.82, 2.24) is 25.2 Å². The number of aryl methyl sites for hydroxylation is 1. The molecule has 0 unspecified atom stereocenters. The van der Waals surface area contributed by atoms with Crippen LogP contribution in [0.3, 0.4) is 0 Å². The van der Waals surface area contributed by atoms with Gasteiger partial charge in [-0.15, -0.1) is 10.2 Å². The second-order valence-electron chi connectivity index (χ2n) is 8.21. The molecule has 0 radical (unpaired) electrons. The van der Waals surface area contributed by atoms with E-state index in [0.717, 1.165) is 43.5 Å². The van der Waals surface area contributed by atoms with Crippen LogP contribution in [-0.2, 0) is 20.9 Å². The van der Waals surface area contributed by atoms with Crippen LogP contribution >= 0.6 is 0 Å². The number of ether oxygens (including phenoxy) is 1. The Morgan fingerprint density at radius 3 is 2.55 bits per heavy atom. The quantitative estimate of drug-likeness (QED) is 0.611. The highest BCUT2D eigenvalue weighted by Gasteiger charge is 2.30. The fourth-order valence-corrected chi connectivity index (χ4v) is 3.32. The van der Waals surface area contributed by atoms with E-state index in [9.17, 15) is 4.79 Å². The number of hydrogen-bond donors (Lipinski definition) is 1. The Hall–Kier alpha value is -2.84. The SMILES string of the molecule is Cc1cc(-c2nnn(CC3CCC(C(=O)OC(C)(C)C)CC3)n2)ccn1.O=CO. The number of carboxylic acid groups (broad SMARTS) is 1. The van der Waals surface area contributed by atoms with Crippen molar-refractivity contribution in [2.24, 2.45) is 11.8 Å². The van der Waals surface area contributed by atoms with Gasteiger partial charge in [-0.1, -0.05) is 0 Å². The maximum atomic E-state index is 12.2. The number of hydrogen-bond acceptors (Lipinski definition) is 7. The van der Waals surface area contributed by atoms with Gasteiger partial charge in [-0.25, -0.2) is 0 Å². The van der Waals surface area contributed by atoms with E-state index in [4.69, 9.17) is 14.6 Å². The first-order valence-corrected chi connectivity index (χ1v) is 9.73. The smallest absolute Gasteiger partial charge is 0.309 e. The fourth-order valence-electron chi connectivity index (χ4n) is 3.32. The van der Waals surface area contributed by atoms with Crippen molar-refractivity contribution < 1.29 is 19.4 Å². The summed E-state index contributed by atoms with van der Waals surface area (Å²) < 4.78 is 5.51. The number of pyridine rings is 1. The molecule has 1 fully saturated rings. The fraction of sp³-hybridized carbons (Fsp3) is 0.600. The van der Waals surface area contributed by atoms with E-state index in [1.54, 1.807) is 11.0 Å². The minimum absolute atomic E-state index is 0.0181. The molecule has 29 heavy (non-hydrogen) atoms.